The van der Waals surface area contributed by atoms with E-state index in [1.165, 1.54) is 19.2 Å². The van der Waals surface area contributed by atoms with Crippen LogP contribution in [0.2, 0.25) is 5.02 Å². The number of carbonyl (C=O) groups excluding carboxylic acids is 2. The van der Waals surface area contributed by atoms with Gasteiger partial charge in [-0.15, -0.1) is 0 Å². The largest absolute Gasteiger partial charge is 0.496 e. The Balaban J connectivity index is 1.57. The molecule has 1 aliphatic carbocycles. The maximum atomic E-state index is 14.6. The Hall–Kier alpha value is -3.83. The van der Waals surface area contributed by atoms with Crippen LogP contribution in [0.1, 0.15) is 62.5 Å². The van der Waals surface area contributed by atoms with Crippen molar-refractivity contribution in [1.29, 1.82) is 5.26 Å². The third-order valence-corrected chi connectivity index (χ3v) is 6.26. The predicted molar refractivity (Wildman–Crippen MR) is 124 cm³/mol. The highest BCUT2D eigenvalue weighted by Crippen LogP contribution is 2.37. The Labute approximate surface area is 201 Å². The zero-order valence-corrected chi connectivity index (χ0v) is 19.3. The molecule has 1 heterocycles. The molecule has 0 spiro atoms. The zero-order chi connectivity index (χ0) is 24.4. The van der Waals surface area contributed by atoms with Crippen molar-refractivity contribution in [1.82, 2.24) is 15.2 Å². The molecule has 7 nitrogen and oxygen atoms in total. The predicted octanol–water partition coefficient (Wildman–Crippen LogP) is 4.43. The summed E-state index contributed by atoms with van der Waals surface area (Å²) in [5, 5.41) is 14.8. The molecule has 2 N–H and O–H groups in total. The van der Waals surface area contributed by atoms with Crippen LogP contribution in [0.15, 0.2) is 48.7 Å². The maximum absolute atomic E-state index is 14.6. The molecule has 1 aliphatic rings. The van der Waals surface area contributed by atoms with Gasteiger partial charge in [0.15, 0.2) is 5.82 Å². The topological polar surface area (TPSA) is 96.2 Å². The summed E-state index contributed by atoms with van der Waals surface area (Å²) in [5.74, 6) is -1.68. The first-order chi connectivity index (χ1) is 16.3. The van der Waals surface area contributed by atoms with Crippen molar-refractivity contribution in [3.05, 3.63) is 87.4 Å². The van der Waals surface area contributed by atoms with E-state index in [-0.39, 0.29) is 34.3 Å². The summed E-state index contributed by atoms with van der Waals surface area (Å²) in [5.41, 5.74) is 2.23. The van der Waals surface area contributed by atoms with Crippen LogP contribution in [0.3, 0.4) is 0 Å². The Kier molecular flexibility index (Phi) is 6.57. The number of methoxy groups -OCH3 is 1. The number of halogens is 2. The lowest BCUT2D eigenvalue weighted by atomic mass is 9.84. The summed E-state index contributed by atoms with van der Waals surface area (Å²) >= 11 is 5.88. The molecule has 0 bridgehead atoms. The number of fused-ring (bicyclic) bond motifs is 1. The number of ether oxygens (including phenoxy) is 1. The minimum Gasteiger partial charge on any atom is -0.496 e. The van der Waals surface area contributed by atoms with Crippen molar-refractivity contribution in [3.63, 3.8) is 0 Å². The molecule has 34 heavy (non-hydrogen) atoms. The number of amides is 2. The Bertz CT molecular complexity index is 1310. The second kappa shape index (κ2) is 9.57. The Morgan fingerprint density at radius 1 is 1.12 bits per heavy atom. The Morgan fingerprint density at radius 3 is 2.29 bits per heavy atom. The van der Waals surface area contributed by atoms with Gasteiger partial charge in [0.25, 0.3) is 11.8 Å². The van der Waals surface area contributed by atoms with Crippen molar-refractivity contribution in [2.75, 3.05) is 7.11 Å². The van der Waals surface area contributed by atoms with Gasteiger partial charge in [-0.25, -0.2) is 4.39 Å². The zero-order valence-electron chi connectivity index (χ0n) is 18.6. The normalized spacial score (nSPS) is 16.8. The summed E-state index contributed by atoms with van der Waals surface area (Å²) < 4.78 is 21.4. The molecule has 2 aromatic carbocycles. The lowest BCUT2D eigenvalue weighted by molar-refractivity contribution is 0.0899. The summed E-state index contributed by atoms with van der Waals surface area (Å²) in [6, 6.07) is 13.2. The molecule has 0 saturated heterocycles. The monoisotopic (exact) mass is 480 g/mol. The van der Waals surface area contributed by atoms with Crippen LogP contribution >= 0.6 is 11.6 Å². The van der Waals surface area contributed by atoms with Crippen LogP contribution in [0, 0.1) is 17.1 Å². The molecule has 174 valence electrons. The first-order valence-corrected chi connectivity index (χ1v) is 11.0. The highest BCUT2D eigenvalue weighted by molar-refractivity contribution is 6.31. The number of carbonyl (C=O) groups is 2. The van der Waals surface area contributed by atoms with E-state index >= 15 is 0 Å². The molecule has 0 saturated carbocycles. The molecular formula is C25H22ClFN4O3. The fourth-order valence-corrected chi connectivity index (χ4v) is 4.48. The van der Waals surface area contributed by atoms with Gasteiger partial charge in [0.05, 0.1) is 29.8 Å². The van der Waals surface area contributed by atoms with Crippen molar-refractivity contribution in [2.45, 2.75) is 24.9 Å². The van der Waals surface area contributed by atoms with Crippen molar-refractivity contribution < 1.29 is 18.7 Å². The first-order valence-electron chi connectivity index (χ1n) is 10.6. The average Bonchev–Trinajstić information content (AvgIpc) is 3.23. The molecule has 0 fully saturated rings. The molecule has 2 unspecified atom stereocenters. The molecule has 2 amide bonds. The standard InChI is InChI=1S/C25H22ClFN4O3/c1-31-13-14(12-28)11-20(31)24(32)29-18-8-9-19(16-6-4-3-5-15(16)18)30-25(33)22-21(34-2)10-7-17(26)23(22)27/h3-7,10-11,13,18-19H,8-9H2,1-2H3,(H,29,32)(H,30,33). The van der Waals surface area contributed by atoms with Gasteiger partial charge in [0, 0.05) is 13.2 Å². The molecular weight excluding hydrogens is 459 g/mol. The minimum absolute atomic E-state index is 0.0907. The number of aryl methyl sites for hydroxylation is 1. The Morgan fingerprint density at radius 2 is 1.74 bits per heavy atom. The van der Waals surface area contributed by atoms with E-state index in [0.29, 0.717) is 24.1 Å². The van der Waals surface area contributed by atoms with Crippen LogP contribution in [-0.2, 0) is 7.05 Å². The van der Waals surface area contributed by atoms with Gasteiger partial charge in [0.2, 0.25) is 0 Å². The number of hydrogen-bond acceptors (Lipinski definition) is 4. The first kappa shape index (κ1) is 23.3. The molecule has 0 aliphatic heterocycles. The fourth-order valence-electron chi connectivity index (χ4n) is 4.32. The molecule has 2 atom stereocenters. The van der Waals surface area contributed by atoms with E-state index in [4.69, 9.17) is 21.6 Å². The van der Waals surface area contributed by atoms with E-state index in [0.717, 1.165) is 11.1 Å². The quantitative estimate of drug-likeness (QED) is 0.564. The number of benzene rings is 2. The van der Waals surface area contributed by atoms with E-state index in [1.54, 1.807) is 23.9 Å². The van der Waals surface area contributed by atoms with Gasteiger partial charge in [-0.3, -0.25) is 9.59 Å². The summed E-state index contributed by atoms with van der Waals surface area (Å²) in [7, 11) is 3.06. The number of nitrogens with one attached hydrogen (secondary N) is 2. The number of nitrogens with zero attached hydrogens (tertiary/aromatic N) is 2. The molecule has 1 aromatic heterocycles. The van der Waals surface area contributed by atoms with Gasteiger partial charge < -0.3 is 19.9 Å². The number of aromatic nitrogens is 1. The maximum Gasteiger partial charge on any atom is 0.268 e. The van der Waals surface area contributed by atoms with Crippen molar-refractivity contribution in [3.8, 4) is 11.8 Å². The van der Waals surface area contributed by atoms with Gasteiger partial charge in [0.1, 0.15) is 23.1 Å². The minimum atomic E-state index is -0.841. The fraction of sp³-hybridized carbons (Fsp3) is 0.240. The van der Waals surface area contributed by atoms with Crippen LogP contribution < -0.4 is 15.4 Å². The lowest BCUT2D eigenvalue weighted by Gasteiger charge is -2.32. The average molecular weight is 481 g/mol. The van der Waals surface area contributed by atoms with Gasteiger partial charge in [-0.2, -0.15) is 5.26 Å². The van der Waals surface area contributed by atoms with Crippen LogP contribution in [-0.4, -0.2) is 23.5 Å². The second-order valence-electron chi connectivity index (χ2n) is 8.03. The van der Waals surface area contributed by atoms with Crippen molar-refractivity contribution >= 4 is 23.4 Å². The van der Waals surface area contributed by atoms with E-state index < -0.39 is 11.7 Å². The highest BCUT2D eigenvalue weighted by atomic mass is 35.5. The van der Waals surface area contributed by atoms with Crippen LogP contribution in [0.25, 0.3) is 0 Å². The van der Waals surface area contributed by atoms with E-state index in [1.807, 2.05) is 30.3 Å². The SMILES string of the molecule is COc1ccc(Cl)c(F)c1C(=O)NC1CCC(NC(=O)c2cc(C#N)cn2C)c2ccccc21. The van der Waals surface area contributed by atoms with Gasteiger partial charge in [-0.1, -0.05) is 35.9 Å². The van der Waals surface area contributed by atoms with Crippen LogP contribution in [0.5, 0.6) is 5.75 Å². The molecule has 0 radical (unpaired) electrons. The molecule has 9 heteroatoms. The van der Waals surface area contributed by atoms with Gasteiger partial charge >= 0.3 is 0 Å². The van der Waals surface area contributed by atoms with Crippen LogP contribution in [0.4, 0.5) is 4.39 Å². The smallest absolute Gasteiger partial charge is 0.268 e. The number of hydrogen-bond donors (Lipinski definition) is 2. The molecule has 4 rings (SSSR count). The van der Waals surface area contributed by atoms with E-state index in [2.05, 4.69) is 10.6 Å². The summed E-state index contributed by atoms with van der Waals surface area (Å²) in [6.07, 6.45) is 2.67. The number of nitriles is 1. The lowest BCUT2D eigenvalue weighted by Crippen LogP contribution is -2.37. The van der Waals surface area contributed by atoms with Gasteiger partial charge in [-0.05, 0) is 42.2 Å². The molecule has 3 aromatic rings. The summed E-state index contributed by atoms with van der Waals surface area (Å²) in [4.78, 5) is 25.9. The number of rotatable bonds is 5. The third-order valence-electron chi connectivity index (χ3n) is 5.97. The van der Waals surface area contributed by atoms with Crippen molar-refractivity contribution in [2.24, 2.45) is 7.05 Å². The second-order valence-corrected chi connectivity index (χ2v) is 8.44. The summed E-state index contributed by atoms with van der Waals surface area (Å²) in [6.45, 7) is 0. The van der Waals surface area contributed by atoms with E-state index in [9.17, 15) is 14.0 Å². The third kappa shape index (κ3) is 4.35. The highest BCUT2D eigenvalue weighted by Gasteiger charge is 2.31.